The largest absolute Gasteiger partial charge is 0.260 e. The SMILES string of the molecule is CC(C)c1cnc2c(c1)C(C)CC2C. The van der Waals surface area contributed by atoms with Crippen molar-refractivity contribution in [1.29, 1.82) is 0 Å². The molecule has 1 heteroatoms. The van der Waals surface area contributed by atoms with Crippen LogP contribution < -0.4 is 0 Å². The number of rotatable bonds is 1. The average Bonchev–Trinajstić information content (AvgIpc) is 2.42. The fourth-order valence-electron chi connectivity index (χ4n) is 2.40. The van der Waals surface area contributed by atoms with Gasteiger partial charge in [-0.1, -0.05) is 33.8 Å². The van der Waals surface area contributed by atoms with Gasteiger partial charge in [-0.25, -0.2) is 0 Å². The Balaban J connectivity index is 2.45. The van der Waals surface area contributed by atoms with E-state index in [1.807, 2.05) is 0 Å². The highest BCUT2D eigenvalue weighted by atomic mass is 14.7. The van der Waals surface area contributed by atoms with Crippen LogP contribution in [0.4, 0.5) is 0 Å². The zero-order chi connectivity index (χ0) is 10.3. The Hall–Kier alpha value is -0.850. The maximum atomic E-state index is 4.61. The number of nitrogens with zero attached hydrogens (tertiary/aromatic N) is 1. The normalized spacial score (nSPS) is 25.5. The van der Waals surface area contributed by atoms with Gasteiger partial charge in [-0.2, -0.15) is 0 Å². The molecule has 1 aromatic heterocycles. The topological polar surface area (TPSA) is 12.9 Å². The lowest BCUT2D eigenvalue weighted by atomic mass is 9.99. The first kappa shape index (κ1) is 9.70. The van der Waals surface area contributed by atoms with Crippen LogP contribution in [0.2, 0.25) is 0 Å². The van der Waals surface area contributed by atoms with Gasteiger partial charge in [0.25, 0.3) is 0 Å². The molecule has 0 fully saturated rings. The summed E-state index contributed by atoms with van der Waals surface area (Å²) < 4.78 is 0. The Labute approximate surface area is 86.6 Å². The average molecular weight is 189 g/mol. The molecule has 2 rings (SSSR count). The first-order valence-electron chi connectivity index (χ1n) is 5.59. The van der Waals surface area contributed by atoms with Gasteiger partial charge in [-0.3, -0.25) is 4.98 Å². The smallest absolute Gasteiger partial charge is 0.0466 e. The first-order valence-corrected chi connectivity index (χ1v) is 5.59. The summed E-state index contributed by atoms with van der Waals surface area (Å²) in [5.41, 5.74) is 4.20. The van der Waals surface area contributed by atoms with Crippen LogP contribution in [0.25, 0.3) is 0 Å². The van der Waals surface area contributed by atoms with E-state index in [2.05, 4.69) is 44.9 Å². The van der Waals surface area contributed by atoms with Crippen LogP contribution in [0.3, 0.4) is 0 Å². The summed E-state index contributed by atoms with van der Waals surface area (Å²) >= 11 is 0. The second-order valence-electron chi connectivity index (χ2n) is 4.94. The van der Waals surface area contributed by atoms with E-state index in [1.54, 1.807) is 0 Å². The van der Waals surface area contributed by atoms with Crippen molar-refractivity contribution in [3.63, 3.8) is 0 Å². The summed E-state index contributed by atoms with van der Waals surface area (Å²) in [4.78, 5) is 4.61. The number of pyridine rings is 1. The van der Waals surface area contributed by atoms with Gasteiger partial charge in [0.15, 0.2) is 0 Å². The van der Waals surface area contributed by atoms with Crippen molar-refractivity contribution >= 4 is 0 Å². The standard InChI is InChI=1S/C13H19N/c1-8(2)11-6-12-9(3)5-10(4)13(12)14-7-11/h6-10H,5H2,1-4H3. The van der Waals surface area contributed by atoms with E-state index >= 15 is 0 Å². The van der Waals surface area contributed by atoms with Crippen LogP contribution >= 0.6 is 0 Å². The van der Waals surface area contributed by atoms with Gasteiger partial charge in [0.1, 0.15) is 0 Å². The molecule has 2 atom stereocenters. The highest BCUT2D eigenvalue weighted by molar-refractivity contribution is 5.35. The number of fused-ring (bicyclic) bond motifs is 1. The van der Waals surface area contributed by atoms with E-state index in [1.165, 1.54) is 23.2 Å². The Kier molecular flexibility index (Phi) is 2.34. The number of aromatic nitrogens is 1. The Bertz CT molecular complexity index is 341. The van der Waals surface area contributed by atoms with Crippen LogP contribution in [-0.4, -0.2) is 4.98 Å². The Morgan fingerprint density at radius 3 is 2.64 bits per heavy atom. The molecule has 2 unspecified atom stereocenters. The van der Waals surface area contributed by atoms with Crippen molar-refractivity contribution in [2.75, 3.05) is 0 Å². The minimum absolute atomic E-state index is 0.593. The van der Waals surface area contributed by atoms with Gasteiger partial charge in [0.05, 0.1) is 0 Å². The third-order valence-electron chi connectivity index (χ3n) is 3.34. The highest BCUT2D eigenvalue weighted by Crippen LogP contribution is 2.40. The Morgan fingerprint density at radius 2 is 2.00 bits per heavy atom. The predicted octanol–water partition coefficient (Wildman–Crippen LogP) is 3.82. The molecule has 14 heavy (non-hydrogen) atoms. The lowest BCUT2D eigenvalue weighted by Gasteiger charge is -2.09. The number of hydrogen-bond acceptors (Lipinski definition) is 1. The molecule has 0 radical (unpaired) electrons. The van der Waals surface area contributed by atoms with E-state index in [9.17, 15) is 0 Å². The van der Waals surface area contributed by atoms with E-state index in [0.29, 0.717) is 17.8 Å². The molecular weight excluding hydrogens is 170 g/mol. The van der Waals surface area contributed by atoms with Gasteiger partial charge in [0, 0.05) is 11.9 Å². The quantitative estimate of drug-likeness (QED) is 0.654. The molecule has 0 saturated heterocycles. The molecule has 1 aliphatic rings. The van der Waals surface area contributed by atoms with Crippen molar-refractivity contribution in [1.82, 2.24) is 4.98 Å². The van der Waals surface area contributed by atoms with Crippen molar-refractivity contribution in [3.05, 3.63) is 29.1 Å². The first-order chi connectivity index (χ1) is 6.59. The molecule has 1 aromatic rings. The molecule has 0 bridgehead atoms. The van der Waals surface area contributed by atoms with Crippen LogP contribution in [0.1, 0.15) is 68.7 Å². The van der Waals surface area contributed by atoms with Crippen molar-refractivity contribution in [2.45, 2.75) is 51.9 Å². The summed E-state index contributed by atoms with van der Waals surface area (Å²) in [6.45, 7) is 9.05. The molecule has 0 N–H and O–H groups in total. The zero-order valence-corrected chi connectivity index (χ0v) is 9.54. The summed E-state index contributed by atoms with van der Waals surface area (Å²) in [6, 6.07) is 2.36. The van der Waals surface area contributed by atoms with Crippen LogP contribution in [-0.2, 0) is 0 Å². The fraction of sp³-hybridized carbons (Fsp3) is 0.615. The van der Waals surface area contributed by atoms with E-state index < -0.39 is 0 Å². The Morgan fingerprint density at radius 1 is 1.29 bits per heavy atom. The molecule has 0 amide bonds. The van der Waals surface area contributed by atoms with Crippen LogP contribution in [0.5, 0.6) is 0 Å². The summed E-state index contributed by atoms with van der Waals surface area (Å²) in [6.07, 6.45) is 3.32. The predicted molar refractivity (Wildman–Crippen MR) is 59.8 cm³/mol. The lowest BCUT2D eigenvalue weighted by Crippen LogP contribution is -1.96. The zero-order valence-electron chi connectivity index (χ0n) is 9.54. The second kappa shape index (κ2) is 3.38. The molecule has 1 nitrogen and oxygen atoms in total. The number of hydrogen-bond donors (Lipinski definition) is 0. The van der Waals surface area contributed by atoms with Crippen molar-refractivity contribution in [2.24, 2.45) is 0 Å². The van der Waals surface area contributed by atoms with Crippen molar-refractivity contribution < 1.29 is 0 Å². The minimum atomic E-state index is 0.593. The summed E-state index contributed by atoms with van der Waals surface area (Å²) in [5, 5.41) is 0. The minimum Gasteiger partial charge on any atom is -0.260 e. The van der Waals surface area contributed by atoms with Crippen LogP contribution in [0.15, 0.2) is 12.3 Å². The summed E-state index contributed by atoms with van der Waals surface area (Å²) in [5.74, 6) is 1.95. The van der Waals surface area contributed by atoms with Gasteiger partial charge in [-0.15, -0.1) is 0 Å². The molecule has 0 spiro atoms. The molecule has 1 heterocycles. The highest BCUT2D eigenvalue weighted by Gasteiger charge is 2.26. The summed E-state index contributed by atoms with van der Waals surface area (Å²) in [7, 11) is 0. The van der Waals surface area contributed by atoms with E-state index in [4.69, 9.17) is 0 Å². The maximum absolute atomic E-state index is 4.61. The molecule has 0 saturated carbocycles. The molecule has 0 aliphatic heterocycles. The fourth-order valence-corrected chi connectivity index (χ4v) is 2.40. The van der Waals surface area contributed by atoms with Gasteiger partial charge < -0.3 is 0 Å². The third kappa shape index (κ3) is 1.45. The van der Waals surface area contributed by atoms with Gasteiger partial charge >= 0.3 is 0 Å². The monoisotopic (exact) mass is 189 g/mol. The maximum Gasteiger partial charge on any atom is 0.0466 e. The van der Waals surface area contributed by atoms with Gasteiger partial charge in [-0.05, 0) is 35.3 Å². The van der Waals surface area contributed by atoms with E-state index in [0.717, 1.165) is 0 Å². The van der Waals surface area contributed by atoms with Gasteiger partial charge in [0.2, 0.25) is 0 Å². The lowest BCUT2D eigenvalue weighted by molar-refractivity contribution is 0.655. The third-order valence-corrected chi connectivity index (χ3v) is 3.34. The second-order valence-corrected chi connectivity index (χ2v) is 4.94. The van der Waals surface area contributed by atoms with Crippen molar-refractivity contribution in [3.8, 4) is 0 Å². The molecule has 1 aliphatic carbocycles. The molecule has 0 aromatic carbocycles. The van der Waals surface area contributed by atoms with E-state index in [-0.39, 0.29) is 0 Å². The molecular formula is C13H19N. The van der Waals surface area contributed by atoms with Crippen LogP contribution in [0, 0.1) is 0 Å². The molecule has 76 valence electrons.